The molecule has 1 aliphatic rings. The smallest absolute Gasteiger partial charge is 0.0716 e. The van der Waals surface area contributed by atoms with Crippen LogP contribution in [-0.2, 0) is 6.42 Å². The molecule has 39 heavy (non-hydrogen) atoms. The van der Waals surface area contributed by atoms with Crippen molar-refractivity contribution in [1.82, 2.24) is 9.55 Å². The number of aromatic nitrogens is 2. The lowest BCUT2D eigenvalue weighted by Crippen LogP contribution is -2.01. The summed E-state index contributed by atoms with van der Waals surface area (Å²) in [4.78, 5) is 5.16. The molecular formula is C36H25BrN2. The van der Waals surface area contributed by atoms with Crippen molar-refractivity contribution >= 4 is 32.9 Å². The maximum atomic E-state index is 5.16. The Hall–Kier alpha value is -4.47. The van der Waals surface area contributed by atoms with Gasteiger partial charge in [-0.2, -0.15) is 0 Å². The van der Waals surface area contributed by atoms with Crippen molar-refractivity contribution in [2.45, 2.75) is 6.42 Å². The van der Waals surface area contributed by atoms with Crippen molar-refractivity contribution < 1.29 is 0 Å². The molecule has 186 valence electrons. The SMILES string of the molecule is Brc1ccc2c(c1)c1c(n2-c2cccc(-c3cc(-c4ccccc4)cc(-c4ccccc4)n3)c2)CC=CC=C1. The molecule has 1 aliphatic carbocycles. The average Bonchev–Trinajstić information content (AvgIpc) is 3.11. The first-order chi connectivity index (χ1) is 19.2. The van der Waals surface area contributed by atoms with Gasteiger partial charge in [-0.25, -0.2) is 4.98 Å². The molecule has 7 rings (SSSR count). The van der Waals surface area contributed by atoms with E-state index in [1.54, 1.807) is 0 Å². The third-order valence-corrected chi connectivity index (χ3v) is 7.79. The maximum Gasteiger partial charge on any atom is 0.0716 e. The minimum absolute atomic E-state index is 0.874. The van der Waals surface area contributed by atoms with Crippen molar-refractivity contribution in [2.24, 2.45) is 0 Å². The Bertz CT molecular complexity index is 1820. The summed E-state index contributed by atoms with van der Waals surface area (Å²) >= 11 is 3.68. The Morgan fingerprint density at radius 1 is 0.615 bits per heavy atom. The first-order valence-electron chi connectivity index (χ1n) is 13.1. The molecule has 3 heteroatoms. The van der Waals surface area contributed by atoms with Gasteiger partial charge in [0.25, 0.3) is 0 Å². The molecule has 0 radical (unpaired) electrons. The Morgan fingerprint density at radius 3 is 2.13 bits per heavy atom. The number of allylic oxidation sites excluding steroid dienone is 3. The van der Waals surface area contributed by atoms with Gasteiger partial charge in [-0.05, 0) is 53.6 Å². The van der Waals surface area contributed by atoms with E-state index in [4.69, 9.17) is 4.98 Å². The van der Waals surface area contributed by atoms with Crippen molar-refractivity contribution in [3.63, 3.8) is 0 Å². The summed E-state index contributed by atoms with van der Waals surface area (Å²) < 4.78 is 3.49. The van der Waals surface area contributed by atoms with E-state index in [-0.39, 0.29) is 0 Å². The third-order valence-electron chi connectivity index (χ3n) is 7.29. The third kappa shape index (κ3) is 4.45. The van der Waals surface area contributed by atoms with E-state index in [1.807, 2.05) is 6.07 Å². The molecule has 0 N–H and O–H groups in total. The van der Waals surface area contributed by atoms with Crippen molar-refractivity contribution in [3.8, 4) is 39.3 Å². The van der Waals surface area contributed by atoms with Crippen LogP contribution in [0.25, 0.3) is 56.3 Å². The standard InChI is InChI=1S/C36H25BrN2/c37-29-19-20-36-32(24-29)31-17-8-3-9-18-35(31)39(36)30-16-10-15-27(21-30)34-23-28(25-11-4-1-5-12-25)22-33(38-34)26-13-6-2-7-14-26/h1-17,19-24H,18H2. The van der Waals surface area contributed by atoms with Crippen LogP contribution in [0.2, 0.25) is 0 Å². The highest BCUT2D eigenvalue weighted by atomic mass is 79.9. The zero-order chi connectivity index (χ0) is 26.2. The van der Waals surface area contributed by atoms with Crippen LogP contribution in [0.4, 0.5) is 0 Å². The number of rotatable bonds is 4. The summed E-state index contributed by atoms with van der Waals surface area (Å²) in [5.74, 6) is 0. The molecule has 0 unspecified atom stereocenters. The molecule has 0 spiro atoms. The number of nitrogens with zero attached hydrogens (tertiary/aromatic N) is 2. The number of pyridine rings is 1. The Morgan fingerprint density at radius 2 is 1.33 bits per heavy atom. The highest BCUT2D eigenvalue weighted by molar-refractivity contribution is 9.10. The summed E-state index contributed by atoms with van der Waals surface area (Å²) in [6.07, 6.45) is 9.60. The number of fused-ring (bicyclic) bond motifs is 3. The van der Waals surface area contributed by atoms with E-state index < -0.39 is 0 Å². The summed E-state index contributed by atoms with van der Waals surface area (Å²) in [5.41, 5.74) is 11.4. The largest absolute Gasteiger partial charge is 0.313 e. The molecule has 2 heterocycles. The lowest BCUT2D eigenvalue weighted by molar-refractivity contribution is 1.00. The fourth-order valence-electron chi connectivity index (χ4n) is 5.47. The van der Waals surface area contributed by atoms with Crippen molar-refractivity contribution in [2.75, 3.05) is 0 Å². The molecule has 2 aromatic heterocycles. The number of hydrogen-bond donors (Lipinski definition) is 0. The van der Waals surface area contributed by atoms with Gasteiger partial charge in [0.05, 0.1) is 16.9 Å². The molecule has 0 aliphatic heterocycles. The summed E-state index contributed by atoms with van der Waals surface area (Å²) in [6, 6.07) is 40.7. The first-order valence-corrected chi connectivity index (χ1v) is 13.9. The topological polar surface area (TPSA) is 17.8 Å². The van der Waals surface area contributed by atoms with Gasteiger partial charge in [0.2, 0.25) is 0 Å². The van der Waals surface area contributed by atoms with E-state index in [2.05, 4.69) is 154 Å². The van der Waals surface area contributed by atoms with Crippen LogP contribution in [-0.4, -0.2) is 9.55 Å². The Balaban J connectivity index is 1.42. The molecule has 0 bridgehead atoms. The van der Waals surface area contributed by atoms with Crippen LogP contribution in [0, 0.1) is 0 Å². The molecule has 0 fully saturated rings. The van der Waals surface area contributed by atoms with Crippen LogP contribution < -0.4 is 0 Å². The van der Waals surface area contributed by atoms with Crippen LogP contribution in [0.1, 0.15) is 11.3 Å². The van der Waals surface area contributed by atoms with E-state index in [1.165, 1.54) is 27.7 Å². The van der Waals surface area contributed by atoms with Crippen LogP contribution in [0.3, 0.4) is 0 Å². The molecular weight excluding hydrogens is 540 g/mol. The van der Waals surface area contributed by atoms with Gasteiger partial charge in [0.1, 0.15) is 0 Å². The molecule has 6 aromatic rings. The van der Waals surface area contributed by atoms with Gasteiger partial charge < -0.3 is 4.57 Å². The molecule has 2 nitrogen and oxygen atoms in total. The van der Waals surface area contributed by atoms with Crippen LogP contribution in [0.15, 0.2) is 138 Å². The minimum Gasteiger partial charge on any atom is -0.313 e. The monoisotopic (exact) mass is 564 g/mol. The molecule has 4 aromatic carbocycles. The van der Waals surface area contributed by atoms with Crippen LogP contribution in [0.5, 0.6) is 0 Å². The van der Waals surface area contributed by atoms with Gasteiger partial charge in [0.15, 0.2) is 0 Å². The second-order valence-corrected chi connectivity index (χ2v) is 10.7. The highest BCUT2D eigenvalue weighted by Gasteiger charge is 2.18. The number of hydrogen-bond acceptors (Lipinski definition) is 1. The van der Waals surface area contributed by atoms with Gasteiger partial charge >= 0.3 is 0 Å². The molecule has 0 atom stereocenters. The predicted octanol–water partition coefficient (Wildman–Crippen LogP) is 9.91. The zero-order valence-electron chi connectivity index (χ0n) is 21.3. The maximum absolute atomic E-state index is 5.16. The Labute approximate surface area is 236 Å². The summed E-state index contributed by atoms with van der Waals surface area (Å²) in [6.45, 7) is 0. The molecule has 0 saturated carbocycles. The second-order valence-electron chi connectivity index (χ2n) is 9.76. The van der Waals surface area contributed by atoms with E-state index in [9.17, 15) is 0 Å². The lowest BCUT2D eigenvalue weighted by atomic mass is 10.00. The van der Waals surface area contributed by atoms with Gasteiger partial charge in [-0.15, -0.1) is 0 Å². The quantitative estimate of drug-likeness (QED) is 0.208. The average molecular weight is 566 g/mol. The predicted molar refractivity (Wildman–Crippen MR) is 167 cm³/mol. The fourth-order valence-corrected chi connectivity index (χ4v) is 5.83. The van der Waals surface area contributed by atoms with Gasteiger partial charge in [-0.3, -0.25) is 0 Å². The normalized spacial score (nSPS) is 12.4. The van der Waals surface area contributed by atoms with E-state index >= 15 is 0 Å². The fraction of sp³-hybridized carbons (Fsp3) is 0.0278. The summed E-state index contributed by atoms with van der Waals surface area (Å²) in [7, 11) is 0. The minimum atomic E-state index is 0.874. The van der Waals surface area contributed by atoms with Crippen molar-refractivity contribution in [3.05, 3.63) is 149 Å². The molecule has 0 amide bonds. The second kappa shape index (κ2) is 10.0. The van der Waals surface area contributed by atoms with E-state index in [0.29, 0.717) is 0 Å². The molecule has 0 saturated heterocycles. The Kier molecular flexibility index (Phi) is 6.07. The van der Waals surface area contributed by atoms with E-state index in [0.717, 1.165) is 44.7 Å². The lowest BCUT2D eigenvalue weighted by Gasteiger charge is -2.14. The number of benzene rings is 4. The zero-order valence-corrected chi connectivity index (χ0v) is 22.8. The first kappa shape index (κ1) is 23.6. The van der Waals surface area contributed by atoms with Crippen LogP contribution >= 0.6 is 15.9 Å². The summed E-state index contributed by atoms with van der Waals surface area (Å²) in [5, 5.41) is 1.25. The highest BCUT2D eigenvalue weighted by Crippen LogP contribution is 2.36. The van der Waals surface area contributed by atoms with Gasteiger partial charge in [0, 0.05) is 44.4 Å². The van der Waals surface area contributed by atoms with Crippen molar-refractivity contribution in [1.29, 1.82) is 0 Å². The van der Waals surface area contributed by atoms with Gasteiger partial charge in [-0.1, -0.05) is 113 Å². The number of halogens is 1.